The molecule has 31 heavy (non-hydrogen) atoms. The Hall–Kier alpha value is -2.90. The van der Waals surface area contributed by atoms with Crippen molar-refractivity contribution < 1.29 is 8.78 Å². The molecule has 0 saturated carbocycles. The number of aromatic nitrogens is 3. The molecule has 2 aromatic heterocycles. The Morgan fingerprint density at radius 1 is 1.00 bits per heavy atom. The third-order valence-corrected chi connectivity index (χ3v) is 6.43. The molecule has 2 saturated heterocycles. The van der Waals surface area contributed by atoms with Gasteiger partial charge in [-0.15, -0.1) is 0 Å². The number of piperazine rings is 1. The Bertz CT molecular complexity index is 1330. The second-order valence-corrected chi connectivity index (χ2v) is 8.52. The minimum absolute atomic E-state index is 0.0199. The highest BCUT2D eigenvalue weighted by atomic mass is 35.5. The minimum atomic E-state index is -0.628. The summed E-state index contributed by atoms with van der Waals surface area (Å²) in [5.41, 5.74) is 0.523. The first-order chi connectivity index (χ1) is 15.1. The van der Waals surface area contributed by atoms with Crippen LogP contribution in [0.2, 0.25) is 5.28 Å². The van der Waals surface area contributed by atoms with Gasteiger partial charge in [0.1, 0.15) is 22.8 Å². The number of hydrogen-bond donors (Lipinski definition) is 1. The van der Waals surface area contributed by atoms with Gasteiger partial charge in [-0.05, 0) is 35.9 Å². The molecule has 0 spiro atoms. The molecule has 2 aliphatic rings. The molecular weight excluding hydrogens is 420 g/mol. The van der Waals surface area contributed by atoms with Crippen LogP contribution in [-0.4, -0.2) is 40.1 Å². The maximum atomic E-state index is 15.7. The van der Waals surface area contributed by atoms with E-state index in [1.807, 2.05) is 0 Å². The highest BCUT2D eigenvalue weighted by Gasteiger charge is 2.34. The molecule has 4 aromatic rings. The van der Waals surface area contributed by atoms with Gasteiger partial charge in [0.15, 0.2) is 5.82 Å². The number of anilines is 1. The molecule has 0 radical (unpaired) electrons. The zero-order chi connectivity index (χ0) is 21.1. The van der Waals surface area contributed by atoms with Crippen LogP contribution in [0.5, 0.6) is 0 Å². The van der Waals surface area contributed by atoms with Crippen LogP contribution in [0.25, 0.3) is 32.9 Å². The number of pyridine rings is 1. The SMILES string of the molecule is Fc1c(-c2cccc3cccc(F)c23)ncc2c(N3CC4CCC(C3)N4)nc(Cl)nc12. The lowest BCUT2D eigenvalue weighted by molar-refractivity contribution is 0.464. The minimum Gasteiger partial charge on any atom is -0.353 e. The predicted octanol–water partition coefficient (Wildman–Crippen LogP) is 4.72. The summed E-state index contributed by atoms with van der Waals surface area (Å²) in [6.45, 7) is 1.55. The second-order valence-electron chi connectivity index (χ2n) is 8.19. The predicted molar refractivity (Wildman–Crippen MR) is 117 cm³/mol. The van der Waals surface area contributed by atoms with Gasteiger partial charge in [0, 0.05) is 42.3 Å². The summed E-state index contributed by atoms with van der Waals surface area (Å²) in [6, 6.07) is 10.8. The monoisotopic (exact) mass is 437 g/mol. The maximum absolute atomic E-state index is 15.7. The molecule has 0 amide bonds. The number of benzene rings is 2. The fourth-order valence-electron chi connectivity index (χ4n) is 4.91. The average Bonchev–Trinajstić information content (AvgIpc) is 3.11. The normalized spacial score (nSPS) is 20.7. The Kier molecular flexibility index (Phi) is 4.30. The lowest BCUT2D eigenvalue weighted by Gasteiger charge is -2.34. The molecule has 2 unspecified atom stereocenters. The van der Waals surface area contributed by atoms with Crippen molar-refractivity contribution in [1.82, 2.24) is 20.3 Å². The fraction of sp³-hybridized carbons (Fsp3) is 0.261. The number of nitrogens with zero attached hydrogens (tertiary/aromatic N) is 4. The van der Waals surface area contributed by atoms with E-state index >= 15 is 4.39 Å². The largest absolute Gasteiger partial charge is 0.353 e. The van der Waals surface area contributed by atoms with Gasteiger partial charge >= 0.3 is 0 Å². The van der Waals surface area contributed by atoms with Gasteiger partial charge in [-0.2, -0.15) is 4.98 Å². The van der Waals surface area contributed by atoms with E-state index in [1.54, 1.807) is 36.5 Å². The average molecular weight is 438 g/mol. The standard InChI is InChI=1S/C23H18ClF2N5/c24-23-29-21-16(22(30-23)31-10-13-7-8-14(11-31)28-13)9-27-20(19(21)26)15-5-1-3-12-4-2-6-17(25)18(12)15/h1-6,9,13-14,28H,7-8,10-11H2. The Labute approximate surface area is 182 Å². The third kappa shape index (κ3) is 3.03. The van der Waals surface area contributed by atoms with Crippen LogP contribution < -0.4 is 10.2 Å². The Morgan fingerprint density at radius 2 is 1.74 bits per heavy atom. The van der Waals surface area contributed by atoms with Crippen LogP contribution >= 0.6 is 11.6 Å². The van der Waals surface area contributed by atoms with Crippen LogP contribution in [-0.2, 0) is 0 Å². The van der Waals surface area contributed by atoms with Crippen molar-refractivity contribution in [2.45, 2.75) is 24.9 Å². The van der Waals surface area contributed by atoms with Crippen LogP contribution in [0, 0.1) is 11.6 Å². The summed E-state index contributed by atoms with van der Waals surface area (Å²) in [6.07, 6.45) is 3.80. The van der Waals surface area contributed by atoms with Crippen molar-refractivity contribution in [3.05, 3.63) is 59.5 Å². The summed E-state index contributed by atoms with van der Waals surface area (Å²) in [4.78, 5) is 15.1. The molecule has 1 N–H and O–H groups in total. The van der Waals surface area contributed by atoms with Crippen LogP contribution in [0.3, 0.4) is 0 Å². The molecule has 8 heteroatoms. The fourth-order valence-corrected chi connectivity index (χ4v) is 5.07. The van der Waals surface area contributed by atoms with E-state index < -0.39 is 11.6 Å². The lowest BCUT2D eigenvalue weighted by Crippen LogP contribution is -2.51. The maximum Gasteiger partial charge on any atom is 0.225 e. The van der Waals surface area contributed by atoms with E-state index in [9.17, 15) is 4.39 Å². The summed E-state index contributed by atoms with van der Waals surface area (Å²) >= 11 is 6.21. The first-order valence-electron chi connectivity index (χ1n) is 10.3. The highest BCUT2D eigenvalue weighted by Crippen LogP contribution is 2.36. The third-order valence-electron chi connectivity index (χ3n) is 6.26. The molecule has 5 nitrogen and oxygen atoms in total. The molecule has 2 atom stereocenters. The van der Waals surface area contributed by atoms with E-state index in [0.717, 1.165) is 25.9 Å². The molecule has 156 valence electrons. The van der Waals surface area contributed by atoms with E-state index in [1.165, 1.54) is 6.07 Å². The van der Waals surface area contributed by atoms with Crippen molar-refractivity contribution in [2.24, 2.45) is 0 Å². The second kappa shape index (κ2) is 7.07. The number of hydrogen-bond acceptors (Lipinski definition) is 5. The molecule has 2 fully saturated rings. The molecular formula is C23H18ClF2N5. The van der Waals surface area contributed by atoms with Gasteiger partial charge in [0.05, 0.1) is 5.39 Å². The zero-order valence-electron chi connectivity index (χ0n) is 16.4. The molecule has 2 aliphatic heterocycles. The van der Waals surface area contributed by atoms with Gasteiger partial charge in [0.25, 0.3) is 0 Å². The highest BCUT2D eigenvalue weighted by molar-refractivity contribution is 6.28. The number of rotatable bonds is 2. The summed E-state index contributed by atoms with van der Waals surface area (Å²) in [5.74, 6) is -0.459. The lowest BCUT2D eigenvalue weighted by atomic mass is 10.0. The number of nitrogens with one attached hydrogen (secondary N) is 1. The summed E-state index contributed by atoms with van der Waals surface area (Å²) in [7, 11) is 0. The molecule has 2 bridgehead atoms. The van der Waals surface area contributed by atoms with Gasteiger partial charge in [-0.3, -0.25) is 4.98 Å². The van der Waals surface area contributed by atoms with E-state index in [4.69, 9.17) is 11.6 Å². The van der Waals surface area contributed by atoms with E-state index in [0.29, 0.717) is 39.6 Å². The molecule has 6 rings (SSSR count). The van der Waals surface area contributed by atoms with Gasteiger partial charge in [-0.1, -0.05) is 30.3 Å². The van der Waals surface area contributed by atoms with Crippen molar-refractivity contribution in [2.75, 3.05) is 18.0 Å². The van der Waals surface area contributed by atoms with Crippen LogP contribution in [0.1, 0.15) is 12.8 Å². The summed E-state index contributed by atoms with van der Waals surface area (Å²) in [5, 5.41) is 5.07. The summed E-state index contributed by atoms with van der Waals surface area (Å²) < 4.78 is 30.4. The van der Waals surface area contributed by atoms with Crippen LogP contribution in [0.4, 0.5) is 14.6 Å². The van der Waals surface area contributed by atoms with Gasteiger partial charge < -0.3 is 10.2 Å². The topological polar surface area (TPSA) is 53.9 Å². The van der Waals surface area contributed by atoms with Crippen LogP contribution in [0.15, 0.2) is 42.6 Å². The van der Waals surface area contributed by atoms with Crippen molar-refractivity contribution in [3.63, 3.8) is 0 Å². The molecule has 2 aromatic carbocycles. The first kappa shape index (κ1) is 18.8. The molecule has 0 aliphatic carbocycles. The van der Waals surface area contributed by atoms with Crippen molar-refractivity contribution in [3.8, 4) is 11.3 Å². The van der Waals surface area contributed by atoms with Crippen molar-refractivity contribution >= 4 is 39.1 Å². The smallest absolute Gasteiger partial charge is 0.225 e. The zero-order valence-corrected chi connectivity index (χ0v) is 17.2. The molecule has 4 heterocycles. The number of halogens is 3. The van der Waals surface area contributed by atoms with Crippen molar-refractivity contribution in [1.29, 1.82) is 0 Å². The quantitative estimate of drug-likeness (QED) is 0.460. The van der Waals surface area contributed by atoms with Gasteiger partial charge in [0.2, 0.25) is 5.28 Å². The Morgan fingerprint density at radius 3 is 2.52 bits per heavy atom. The van der Waals surface area contributed by atoms with E-state index in [2.05, 4.69) is 25.2 Å². The number of fused-ring (bicyclic) bond motifs is 4. The first-order valence-corrected chi connectivity index (χ1v) is 10.7. The van der Waals surface area contributed by atoms with E-state index in [-0.39, 0.29) is 16.5 Å². The van der Waals surface area contributed by atoms with Gasteiger partial charge in [-0.25, -0.2) is 13.8 Å². The Balaban J connectivity index is 1.55.